The zero-order valence-corrected chi connectivity index (χ0v) is 16.6. The van der Waals surface area contributed by atoms with Gasteiger partial charge in [0.05, 0.1) is 5.69 Å². The number of hydrogen-bond acceptors (Lipinski definition) is 3. The molecule has 0 spiro atoms. The number of fused-ring (bicyclic) bond motifs is 1. The van der Waals surface area contributed by atoms with Crippen LogP contribution >= 0.6 is 0 Å². The summed E-state index contributed by atoms with van der Waals surface area (Å²) < 4.78 is 2.09. The lowest BCUT2D eigenvalue weighted by atomic mass is 10.1. The fourth-order valence-corrected chi connectivity index (χ4v) is 3.56. The van der Waals surface area contributed by atoms with Crippen molar-refractivity contribution in [1.82, 2.24) is 24.9 Å². The number of aliphatic imine (C=N–C) groups is 1. The SMILES string of the molecule is C=CCN1CCC(NC(=NCCc2cn3cccc(C)c3n2)NCC)CC1. The van der Waals surface area contributed by atoms with Crippen molar-refractivity contribution in [3.05, 3.63) is 48.4 Å². The molecule has 1 fully saturated rings. The molecule has 6 nitrogen and oxygen atoms in total. The van der Waals surface area contributed by atoms with Crippen LogP contribution in [0.2, 0.25) is 0 Å². The number of imidazole rings is 1. The highest BCUT2D eigenvalue weighted by molar-refractivity contribution is 5.80. The van der Waals surface area contributed by atoms with Crippen molar-refractivity contribution in [3.63, 3.8) is 0 Å². The van der Waals surface area contributed by atoms with E-state index in [4.69, 9.17) is 9.98 Å². The van der Waals surface area contributed by atoms with Gasteiger partial charge in [0.25, 0.3) is 0 Å². The highest BCUT2D eigenvalue weighted by Crippen LogP contribution is 2.11. The van der Waals surface area contributed by atoms with Crippen LogP contribution in [0.25, 0.3) is 5.65 Å². The van der Waals surface area contributed by atoms with E-state index in [0.717, 1.165) is 69.3 Å². The van der Waals surface area contributed by atoms with Crippen LogP contribution in [0.5, 0.6) is 0 Å². The molecular formula is C21H32N6. The van der Waals surface area contributed by atoms with Crippen LogP contribution in [0.15, 0.2) is 42.2 Å². The number of aromatic nitrogens is 2. The summed E-state index contributed by atoms with van der Waals surface area (Å²) in [6.45, 7) is 12.8. The number of nitrogens with one attached hydrogen (secondary N) is 2. The molecule has 1 aliphatic rings. The average molecular weight is 369 g/mol. The molecule has 0 amide bonds. The zero-order valence-electron chi connectivity index (χ0n) is 16.6. The van der Waals surface area contributed by atoms with Crippen molar-refractivity contribution in [2.24, 2.45) is 4.99 Å². The lowest BCUT2D eigenvalue weighted by molar-refractivity contribution is 0.225. The predicted molar refractivity (Wildman–Crippen MR) is 112 cm³/mol. The average Bonchev–Trinajstić information content (AvgIpc) is 3.08. The number of pyridine rings is 1. The summed E-state index contributed by atoms with van der Waals surface area (Å²) in [4.78, 5) is 11.9. The van der Waals surface area contributed by atoms with Crippen molar-refractivity contribution >= 4 is 11.6 Å². The van der Waals surface area contributed by atoms with E-state index in [0.29, 0.717) is 6.04 Å². The van der Waals surface area contributed by atoms with Crippen LogP contribution in [-0.2, 0) is 6.42 Å². The number of hydrogen-bond donors (Lipinski definition) is 2. The fourth-order valence-electron chi connectivity index (χ4n) is 3.56. The molecule has 27 heavy (non-hydrogen) atoms. The minimum absolute atomic E-state index is 0.488. The van der Waals surface area contributed by atoms with Gasteiger partial charge >= 0.3 is 0 Å². The summed E-state index contributed by atoms with van der Waals surface area (Å²) in [5.41, 5.74) is 3.32. The van der Waals surface area contributed by atoms with E-state index in [-0.39, 0.29) is 0 Å². The fraction of sp³-hybridized carbons (Fsp3) is 0.524. The standard InChI is InChI=1S/C21H32N6/c1-4-12-26-14-9-18(10-15-26)25-21(22-5-2)23-11-8-19-16-27-13-6-7-17(3)20(27)24-19/h4,6-7,13,16,18H,1,5,8-12,14-15H2,2-3H3,(H2,22,23,25). The number of aryl methyl sites for hydroxylation is 1. The van der Waals surface area contributed by atoms with Crippen molar-refractivity contribution in [1.29, 1.82) is 0 Å². The Bertz CT molecular complexity index is 770. The maximum absolute atomic E-state index is 4.77. The molecule has 1 aliphatic heterocycles. The number of rotatable bonds is 7. The van der Waals surface area contributed by atoms with E-state index in [1.165, 1.54) is 5.56 Å². The van der Waals surface area contributed by atoms with E-state index in [2.05, 4.69) is 58.7 Å². The van der Waals surface area contributed by atoms with Gasteiger partial charge in [-0.3, -0.25) is 9.89 Å². The molecule has 2 aromatic rings. The Balaban J connectivity index is 1.54. The quantitative estimate of drug-likeness (QED) is 0.448. The third-order valence-corrected chi connectivity index (χ3v) is 5.03. The smallest absolute Gasteiger partial charge is 0.191 e. The lowest BCUT2D eigenvalue weighted by Crippen LogP contribution is -2.48. The maximum atomic E-state index is 4.77. The van der Waals surface area contributed by atoms with E-state index >= 15 is 0 Å². The molecule has 3 heterocycles. The Labute approximate surface area is 162 Å². The molecular weight excluding hydrogens is 336 g/mol. The van der Waals surface area contributed by atoms with Crippen molar-refractivity contribution in [3.8, 4) is 0 Å². The van der Waals surface area contributed by atoms with Crippen LogP contribution in [0.3, 0.4) is 0 Å². The van der Waals surface area contributed by atoms with Crippen molar-refractivity contribution in [2.45, 2.75) is 39.2 Å². The summed E-state index contributed by atoms with van der Waals surface area (Å²) in [5.74, 6) is 0.916. The molecule has 0 aromatic carbocycles. The van der Waals surface area contributed by atoms with Gasteiger partial charge in [0.2, 0.25) is 0 Å². The highest BCUT2D eigenvalue weighted by atomic mass is 15.2. The Morgan fingerprint density at radius 1 is 1.41 bits per heavy atom. The molecule has 0 saturated carbocycles. The molecule has 0 aliphatic carbocycles. The normalized spacial score (nSPS) is 16.6. The molecule has 0 radical (unpaired) electrons. The third kappa shape index (κ3) is 5.32. The topological polar surface area (TPSA) is 57.0 Å². The molecule has 146 valence electrons. The molecule has 0 atom stereocenters. The Morgan fingerprint density at radius 2 is 2.22 bits per heavy atom. The maximum Gasteiger partial charge on any atom is 0.191 e. The van der Waals surface area contributed by atoms with E-state index in [9.17, 15) is 0 Å². The van der Waals surface area contributed by atoms with Gasteiger partial charge in [0.15, 0.2) is 5.96 Å². The van der Waals surface area contributed by atoms with Gasteiger partial charge in [-0.25, -0.2) is 4.98 Å². The first-order chi connectivity index (χ1) is 13.2. The minimum Gasteiger partial charge on any atom is -0.357 e. The van der Waals surface area contributed by atoms with E-state index < -0.39 is 0 Å². The first kappa shape index (κ1) is 19.4. The number of likely N-dealkylation sites (tertiary alicyclic amines) is 1. The Kier molecular flexibility index (Phi) is 6.87. The lowest BCUT2D eigenvalue weighted by Gasteiger charge is -2.32. The molecule has 1 saturated heterocycles. The monoisotopic (exact) mass is 368 g/mol. The second-order valence-electron chi connectivity index (χ2n) is 7.17. The largest absolute Gasteiger partial charge is 0.357 e. The van der Waals surface area contributed by atoms with Crippen LogP contribution in [0, 0.1) is 6.92 Å². The summed E-state index contributed by atoms with van der Waals surface area (Å²) in [7, 11) is 0. The van der Waals surface area contributed by atoms with Gasteiger partial charge in [0.1, 0.15) is 5.65 Å². The first-order valence-electron chi connectivity index (χ1n) is 10.0. The second kappa shape index (κ2) is 9.55. The second-order valence-corrected chi connectivity index (χ2v) is 7.17. The van der Waals surface area contributed by atoms with E-state index in [1.54, 1.807) is 0 Å². The predicted octanol–water partition coefficient (Wildman–Crippen LogP) is 2.39. The molecule has 2 aromatic heterocycles. The van der Waals surface area contributed by atoms with Gasteiger partial charge in [0, 0.05) is 57.6 Å². The molecule has 3 rings (SSSR count). The Hall–Kier alpha value is -2.34. The molecule has 6 heteroatoms. The molecule has 0 unspecified atom stereocenters. The van der Waals surface area contributed by atoms with Gasteiger partial charge in [-0.05, 0) is 38.3 Å². The minimum atomic E-state index is 0.488. The molecule has 2 N–H and O–H groups in total. The summed E-state index contributed by atoms with van der Waals surface area (Å²) >= 11 is 0. The third-order valence-electron chi connectivity index (χ3n) is 5.03. The van der Waals surface area contributed by atoms with Crippen LogP contribution < -0.4 is 10.6 Å². The van der Waals surface area contributed by atoms with Gasteiger partial charge in [-0.2, -0.15) is 0 Å². The summed E-state index contributed by atoms with van der Waals surface area (Å²) in [6.07, 6.45) is 9.27. The number of nitrogens with zero attached hydrogens (tertiary/aromatic N) is 4. The number of piperidine rings is 1. The van der Waals surface area contributed by atoms with Gasteiger partial charge in [-0.1, -0.05) is 12.1 Å². The summed E-state index contributed by atoms with van der Waals surface area (Å²) in [5, 5.41) is 6.97. The van der Waals surface area contributed by atoms with Gasteiger partial charge in [-0.15, -0.1) is 6.58 Å². The Morgan fingerprint density at radius 3 is 2.93 bits per heavy atom. The zero-order chi connectivity index (χ0) is 19.1. The van der Waals surface area contributed by atoms with Crippen molar-refractivity contribution < 1.29 is 0 Å². The number of guanidine groups is 1. The van der Waals surface area contributed by atoms with Crippen LogP contribution in [0.1, 0.15) is 31.0 Å². The van der Waals surface area contributed by atoms with Crippen LogP contribution in [0.4, 0.5) is 0 Å². The molecule has 0 bridgehead atoms. The van der Waals surface area contributed by atoms with Gasteiger partial charge < -0.3 is 15.0 Å². The highest BCUT2D eigenvalue weighted by Gasteiger charge is 2.19. The van der Waals surface area contributed by atoms with Crippen molar-refractivity contribution in [2.75, 3.05) is 32.7 Å². The van der Waals surface area contributed by atoms with Crippen LogP contribution in [-0.4, -0.2) is 59.0 Å². The first-order valence-corrected chi connectivity index (χ1v) is 10.0. The summed E-state index contributed by atoms with van der Waals surface area (Å²) in [6, 6.07) is 4.64. The van der Waals surface area contributed by atoms with E-state index in [1.807, 2.05) is 12.3 Å².